The number of aliphatic hydroxyl groups excluding tert-OH is 2. The first kappa shape index (κ1) is 26.4. The highest BCUT2D eigenvalue weighted by atomic mass is 19.4. The third kappa shape index (κ3) is 4.18. The summed E-state index contributed by atoms with van der Waals surface area (Å²) in [6, 6.07) is 5.40. The van der Waals surface area contributed by atoms with Gasteiger partial charge in [0.1, 0.15) is 11.9 Å². The molecule has 3 aliphatic rings. The highest BCUT2D eigenvalue weighted by Gasteiger charge is 2.64. The van der Waals surface area contributed by atoms with E-state index in [1.165, 1.54) is 0 Å². The summed E-state index contributed by atoms with van der Waals surface area (Å²) in [5.74, 6) is -4.57. The van der Waals surface area contributed by atoms with Gasteiger partial charge in [-0.3, -0.25) is 0 Å². The fourth-order valence-corrected chi connectivity index (χ4v) is 7.81. The molecule has 0 amide bonds. The molecule has 3 N–H and O–H groups in total. The van der Waals surface area contributed by atoms with Gasteiger partial charge in [0.25, 0.3) is 0 Å². The number of halogens is 5. The lowest BCUT2D eigenvalue weighted by Gasteiger charge is -2.60. The number of aliphatic hydroxyl groups is 2. The monoisotopic (exact) mass is 502 g/mol. The molecule has 196 valence electrons. The molecule has 4 rings (SSSR count). The number of hydrogen-bond donors (Lipinski definition) is 3. The van der Waals surface area contributed by atoms with Crippen LogP contribution in [0.25, 0.3) is 0 Å². The van der Waals surface area contributed by atoms with E-state index < -0.39 is 30.7 Å². The first-order chi connectivity index (χ1) is 16.3. The Labute approximate surface area is 203 Å². The van der Waals surface area contributed by atoms with Crippen molar-refractivity contribution in [3.63, 3.8) is 0 Å². The summed E-state index contributed by atoms with van der Waals surface area (Å²) in [5, 5.41) is 30.5. The molecule has 0 radical (unpaired) electrons. The average molecular weight is 503 g/mol. The zero-order chi connectivity index (χ0) is 25.8. The van der Waals surface area contributed by atoms with Crippen LogP contribution in [0.5, 0.6) is 5.75 Å². The molecule has 0 aliphatic heterocycles. The molecule has 0 spiro atoms. The van der Waals surface area contributed by atoms with Crippen molar-refractivity contribution < 1.29 is 37.3 Å². The minimum Gasteiger partial charge on any atom is -0.508 e. The number of fused-ring (bicyclic) bond motifs is 5. The highest BCUT2D eigenvalue weighted by molar-refractivity contribution is 5.43. The summed E-state index contributed by atoms with van der Waals surface area (Å²) in [5.41, 5.74) is 1.61. The minimum atomic E-state index is -5.78. The van der Waals surface area contributed by atoms with Crippen LogP contribution in [0.15, 0.2) is 30.9 Å². The van der Waals surface area contributed by atoms with Crippen LogP contribution in [0, 0.1) is 22.7 Å². The third-order valence-corrected chi connectivity index (χ3v) is 9.46. The maximum Gasteiger partial charge on any atom is 0.456 e. The predicted molar refractivity (Wildman–Crippen MR) is 122 cm³/mol. The van der Waals surface area contributed by atoms with Crippen LogP contribution in [0.4, 0.5) is 22.0 Å². The molecule has 0 unspecified atom stereocenters. The fraction of sp³-hybridized carbons (Fsp3) is 0.704. The van der Waals surface area contributed by atoms with Crippen molar-refractivity contribution in [3.8, 4) is 5.75 Å². The molecule has 0 heterocycles. The number of benzene rings is 1. The molecule has 3 aliphatic carbocycles. The molecule has 0 aromatic heterocycles. The lowest BCUT2D eigenvalue weighted by atomic mass is 9.44. The summed E-state index contributed by atoms with van der Waals surface area (Å²) >= 11 is 0. The standard InChI is InChI=1S/C27H35F5O3/c1-3-25-13-12-16-14-18(33)8-9-19(16)23(25)17(15-24(2)20(25)10-11-21(24)34)6-4-5-7-22(35)26(28,29)27(30,31)32/h3,8-9,14,17,20-23,33-35H,1,4-7,10-13,15H2,2H3/t17-,20+,21-,22-,23+,24-,25-/m0/s1. The Morgan fingerprint density at radius 2 is 1.89 bits per heavy atom. The van der Waals surface area contributed by atoms with Crippen molar-refractivity contribution in [2.24, 2.45) is 22.7 Å². The Morgan fingerprint density at radius 1 is 1.17 bits per heavy atom. The zero-order valence-corrected chi connectivity index (χ0v) is 20.0. The van der Waals surface area contributed by atoms with Crippen molar-refractivity contribution >= 4 is 0 Å². The lowest BCUT2D eigenvalue weighted by Crippen LogP contribution is -2.54. The second-order valence-electron chi connectivity index (χ2n) is 11.2. The summed E-state index contributed by atoms with van der Waals surface area (Å²) in [6.07, 6.45) is -2.66. The van der Waals surface area contributed by atoms with E-state index in [0.29, 0.717) is 19.3 Å². The third-order valence-electron chi connectivity index (χ3n) is 9.46. The molecule has 2 fully saturated rings. The van der Waals surface area contributed by atoms with Gasteiger partial charge in [-0.05, 0) is 96.8 Å². The van der Waals surface area contributed by atoms with Gasteiger partial charge in [-0.1, -0.05) is 31.9 Å². The van der Waals surface area contributed by atoms with Gasteiger partial charge in [-0.25, -0.2) is 0 Å². The molecule has 35 heavy (non-hydrogen) atoms. The van der Waals surface area contributed by atoms with E-state index in [0.717, 1.165) is 36.8 Å². The van der Waals surface area contributed by atoms with Crippen LogP contribution in [-0.4, -0.2) is 39.6 Å². The second kappa shape index (κ2) is 9.02. The molecule has 2 saturated carbocycles. The average Bonchev–Trinajstić information content (AvgIpc) is 3.09. The smallest absolute Gasteiger partial charge is 0.456 e. The van der Waals surface area contributed by atoms with Gasteiger partial charge in [-0.15, -0.1) is 6.58 Å². The number of aromatic hydroxyl groups is 1. The number of phenolic OH excluding ortho intramolecular Hbond substituents is 1. The SMILES string of the molecule is C=C[C@@]12CCc3cc(O)ccc3[C@H]1[C@@H](CCCC[C@H](O)C(F)(F)C(F)(F)F)C[C@@]1(C)[C@H]2CC[C@@H]1O. The molecular weight excluding hydrogens is 467 g/mol. The van der Waals surface area contributed by atoms with E-state index in [1.54, 1.807) is 12.1 Å². The van der Waals surface area contributed by atoms with E-state index in [9.17, 15) is 37.3 Å². The van der Waals surface area contributed by atoms with Gasteiger partial charge in [0, 0.05) is 0 Å². The molecule has 0 bridgehead atoms. The van der Waals surface area contributed by atoms with Gasteiger partial charge >= 0.3 is 12.1 Å². The maximum absolute atomic E-state index is 13.4. The van der Waals surface area contributed by atoms with Crippen molar-refractivity contribution in [1.82, 2.24) is 0 Å². The summed E-state index contributed by atoms with van der Waals surface area (Å²) < 4.78 is 64.5. The minimum absolute atomic E-state index is 0.0439. The van der Waals surface area contributed by atoms with Crippen molar-refractivity contribution in [3.05, 3.63) is 42.0 Å². The van der Waals surface area contributed by atoms with E-state index in [1.807, 2.05) is 12.1 Å². The number of phenols is 1. The van der Waals surface area contributed by atoms with Crippen molar-refractivity contribution in [1.29, 1.82) is 0 Å². The number of rotatable bonds is 7. The van der Waals surface area contributed by atoms with Crippen LogP contribution in [-0.2, 0) is 6.42 Å². The first-order valence-electron chi connectivity index (χ1n) is 12.5. The molecule has 1 aromatic rings. The van der Waals surface area contributed by atoms with Gasteiger partial charge < -0.3 is 15.3 Å². The van der Waals surface area contributed by atoms with E-state index in [4.69, 9.17) is 0 Å². The normalized spacial score (nSPS) is 35.7. The number of aryl methyl sites for hydroxylation is 1. The highest BCUT2D eigenvalue weighted by Crippen LogP contribution is 2.69. The summed E-state index contributed by atoms with van der Waals surface area (Å²) in [4.78, 5) is 0. The summed E-state index contributed by atoms with van der Waals surface area (Å²) in [7, 11) is 0. The number of unbranched alkanes of at least 4 members (excludes halogenated alkanes) is 1. The van der Waals surface area contributed by atoms with Crippen molar-refractivity contribution in [2.75, 3.05) is 0 Å². The molecule has 1 aromatic carbocycles. The van der Waals surface area contributed by atoms with Crippen LogP contribution < -0.4 is 0 Å². The van der Waals surface area contributed by atoms with Gasteiger partial charge in [0.05, 0.1) is 6.10 Å². The molecular formula is C27H35F5O3. The largest absolute Gasteiger partial charge is 0.508 e. The van der Waals surface area contributed by atoms with Crippen LogP contribution >= 0.6 is 0 Å². The zero-order valence-electron chi connectivity index (χ0n) is 20.0. The fourth-order valence-electron chi connectivity index (χ4n) is 7.81. The maximum atomic E-state index is 13.4. The van der Waals surface area contributed by atoms with E-state index in [2.05, 4.69) is 13.5 Å². The van der Waals surface area contributed by atoms with Gasteiger partial charge in [0.2, 0.25) is 0 Å². The molecule has 8 heteroatoms. The quantitative estimate of drug-likeness (QED) is 0.226. The Hall–Kier alpha value is -1.67. The van der Waals surface area contributed by atoms with E-state index in [-0.39, 0.29) is 40.8 Å². The van der Waals surface area contributed by atoms with E-state index >= 15 is 0 Å². The Bertz CT molecular complexity index is 947. The second-order valence-corrected chi connectivity index (χ2v) is 11.2. The Morgan fingerprint density at radius 3 is 2.54 bits per heavy atom. The lowest BCUT2D eigenvalue weighted by molar-refractivity contribution is -0.313. The molecule has 0 saturated heterocycles. The number of allylic oxidation sites excluding steroid dienone is 1. The topological polar surface area (TPSA) is 60.7 Å². The first-order valence-corrected chi connectivity index (χ1v) is 12.5. The Kier molecular flexibility index (Phi) is 6.80. The number of alkyl halides is 5. The Balaban J connectivity index is 1.58. The molecule has 3 nitrogen and oxygen atoms in total. The summed E-state index contributed by atoms with van der Waals surface area (Å²) in [6.45, 7) is 6.33. The van der Waals surface area contributed by atoms with Gasteiger partial charge in [0.15, 0.2) is 0 Å². The van der Waals surface area contributed by atoms with Gasteiger partial charge in [-0.2, -0.15) is 22.0 Å². The van der Waals surface area contributed by atoms with Crippen LogP contribution in [0.1, 0.15) is 75.3 Å². The number of hydrogen-bond acceptors (Lipinski definition) is 3. The predicted octanol–water partition coefficient (Wildman–Crippen LogP) is 6.51. The molecule has 7 atom stereocenters. The van der Waals surface area contributed by atoms with Crippen LogP contribution in [0.2, 0.25) is 0 Å². The van der Waals surface area contributed by atoms with Crippen molar-refractivity contribution in [2.45, 2.75) is 94.9 Å². The van der Waals surface area contributed by atoms with Crippen LogP contribution in [0.3, 0.4) is 0 Å².